The summed E-state index contributed by atoms with van der Waals surface area (Å²) in [6.45, 7) is 6.92. The molecule has 0 radical (unpaired) electrons. The van der Waals surface area contributed by atoms with E-state index in [1.165, 1.54) is 0 Å². The number of hydrogen-bond acceptors (Lipinski definition) is 6. The van der Waals surface area contributed by atoms with E-state index in [1.54, 1.807) is 0 Å². The number of ether oxygens (including phenoxy) is 1. The maximum atomic E-state index is 11.4. The average Bonchev–Trinajstić information content (AvgIpc) is 3.11. The summed E-state index contributed by atoms with van der Waals surface area (Å²) in [6, 6.07) is 0. The van der Waals surface area contributed by atoms with E-state index >= 15 is 0 Å². The molecule has 21 heavy (non-hydrogen) atoms. The van der Waals surface area contributed by atoms with Crippen LogP contribution in [0.2, 0.25) is 0 Å². The van der Waals surface area contributed by atoms with Crippen molar-refractivity contribution in [3.05, 3.63) is 0 Å². The second kappa shape index (κ2) is 10.5. The maximum Gasteiger partial charge on any atom is 0.281 e. The summed E-state index contributed by atoms with van der Waals surface area (Å²) in [5, 5.41) is 0. The normalized spacial score (nSPS) is 18.0. The van der Waals surface area contributed by atoms with Crippen molar-refractivity contribution < 1.29 is 25.2 Å². The first kappa shape index (κ1) is 20.8. The van der Waals surface area contributed by atoms with Crippen LogP contribution in [0.25, 0.3) is 0 Å². The molecule has 1 atom stereocenters. The van der Waals surface area contributed by atoms with Crippen LogP contribution >= 0.6 is 0 Å². The molecule has 0 aromatic rings. The molecule has 1 fully saturated rings. The molecule has 1 aliphatic rings. The van der Waals surface area contributed by atoms with Gasteiger partial charge >= 0.3 is 0 Å². The van der Waals surface area contributed by atoms with E-state index < -0.39 is 20.2 Å². The number of hydrogen-bond donors (Lipinski definition) is 0. The lowest BCUT2D eigenvalue weighted by molar-refractivity contribution is 0.423. The highest BCUT2D eigenvalue weighted by atomic mass is 32.3. The molecule has 0 bridgehead atoms. The number of epoxide rings is 1. The Balaban J connectivity index is 0.000000847. The van der Waals surface area contributed by atoms with E-state index in [0.29, 0.717) is 18.9 Å². The molecule has 0 amide bonds. The Morgan fingerprint density at radius 3 is 1.48 bits per heavy atom. The standard InChI is InChI=1S/C10H22O5S2.C3H6O/c1-3-5-7-9-16(11,12)15-17(13,14)10-8-6-4-2;1-3-2-4-3/h3-10H2,1-2H3;3H,2H2,1H3. The van der Waals surface area contributed by atoms with Crippen LogP contribution in [0.1, 0.15) is 59.3 Å². The Kier molecular flexibility index (Phi) is 10.4. The molecule has 1 heterocycles. The zero-order valence-electron chi connectivity index (χ0n) is 13.2. The molecule has 0 N–H and O–H groups in total. The Morgan fingerprint density at radius 1 is 0.905 bits per heavy atom. The summed E-state index contributed by atoms with van der Waals surface area (Å²) in [6.07, 6.45) is 4.70. The van der Waals surface area contributed by atoms with Gasteiger partial charge in [-0.3, -0.25) is 0 Å². The van der Waals surface area contributed by atoms with Gasteiger partial charge in [0.1, 0.15) is 0 Å². The van der Waals surface area contributed by atoms with Crippen molar-refractivity contribution in [3.63, 3.8) is 0 Å². The van der Waals surface area contributed by atoms with Gasteiger partial charge in [0.2, 0.25) is 0 Å². The first-order valence-corrected chi connectivity index (χ1v) is 10.7. The number of unbranched alkanes of at least 4 members (excludes halogenated alkanes) is 4. The molecular weight excluding hydrogens is 316 g/mol. The molecule has 1 unspecified atom stereocenters. The maximum absolute atomic E-state index is 11.4. The van der Waals surface area contributed by atoms with Crippen LogP contribution in [0.5, 0.6) is 0 Å². The minimum atomic E-state index is -3.94. The largest absolute Gasteiger partial charge is 0.373 e. The van der Waals surface area contributed by atoms with Gasteiger partial charge in [0.25, 0.3) is 20.2 Å². The monoisotopic (exact) mass is 344 g/mol. The molecule has 1 aliphatic heterocycles. The smallest absolute Gasteiger partial charge is 0.281 e. The van der Waals surface area contributed by atoms with E-state index in [0.717, 1.165) is 32.3 Å². The molecule has 128 valence electrons. The van der Waals surface area contributed by atoms with E-state index in [4.69, 9.17) is 4.74 Å². The minimum absolute atomic E-state index is 0.228. The van der Waals surface area contributed by atoms with E-state index in [9.17, 15) is 16.8 Å². The second-order valence-electron chi connectivity index (χ2n) is 5.15. The van der Waals surface area contributed by atoms with Crippen molar-refractivity contribution in [2.75, 3.05) is 18.1 Å². The van der Waals surface area contributed by atoms with Crippen LogP contribution in [-0.2, 0) is 28.6 Å². The highest BCUT2D eigenvalue weighted by molar-refractivity contribution is 7.99. The molecule has 1 rings (SSSR count). The molecule has 0 spiro atoms. The third kappa shape index (κ3) is 14.5. The summed E-state index contributed by atoms with van der Waals surface area (Å²) in [5.74, 6) is -0.457. The van der Waals surface area contributed by atoms with E-state index in [1.807, 2.05) is 13.8 Å². The van der Waals surface area contributed by atoms with Crippen LogP contribution < -0.4 is 0 Å². The first-order valence-electron chi connectivity index (χ1n) is 7.50. The topological polar surface area (TPSA) is 90.0 Å². The number of rotatable bonds is 10. The molecule has 1 saturated heterocycles. The zero-order valence-corrected chi connectivity index (χ0v) is 14.8. The SMILES string of the molecule is CC1CO1.CCCCCS(=O)(=O)OS(=O)(=O)CCCCC. The van der Waals surface area contributed by atoms with Crippen LogP contribution in [0, 0.1) is 0 Å². The summed E-state index contributed by atoms with van der Waals surface area (Å²) in [4.78, 5) is 0. The predicted octanol–water partition coefficient (Wildman–Crippen LogP) is 2.45. The fraction of sp³-hybridized carbons (Fsp3) is 1.00. The lowest BCUT2D eigenvalue weighted by Crippen LogP contribution is -2.19. The molecule has 0 aromatic carbocycles. The Labute approximate surface area is 129 Å². The zero-order chi connectivity index (χ0) is 16.4. The molecule has 0 saturated carbocycles. The molecular formula is C13H28O6S2. The van der Waals surface area contributed by atoms with E-state index in [-0.39, 0.29) is 11.5 Å². The Bertz CT molecular complexity index is 413. The average molecular weight is 344 g/mol. The third-order valence-corrected chi connectivity index (χ3v) is 5.94. The van der Waals surface area contributed by atoms with Crippen molar-refractivity contribution in [3.8, 4) is 0 Å². The summed E-state index contributed by atoms with van der Waals surface area (Å²) >= 11 is 0. The van der Waals surface area contributed by atoms with Gasteiger partial charge in [-0.25, -0.2) is 0 Å². The van der Waals surface area contributed by atoms with Gasteiger partial charge in [-0.2, -0.15) is 16.8 Å². The first-order chi connectivity index (χ1) is 9.72. The minimum Gasteiger partial charge on any atom is -0.373 e. The van der Waals surface area contributed by atoms with Gasteiger partial charge < -0.3 is 4.74 Å². The summed E-state index contributed by atoms with van der Waals surface area (Å²) in [7, 11) is -7.87. The van der Waals surface area contributed by atoms with Gasteiger partial charge in [0.15, 0.2) is 0 Å². The lowest BCUT2D eigenvalue weighted by Gasteiger charge is -2.05. The van der Waals surface area contributed by atoms with Crippen molar-refractivity contribution in [2.24, 2.45) is 0 Å². The summed E-state index contributed by atoms with van der Waals surface area (Å²) in [5.41, 5.74) is 0. The fourth-order valence-electron chi connectivity index (χ4n) is 1.38. The Morgan fingerprint density at radius 2 is 1.24 bits per heavy atom. The quantitative estimate of drug-likeness (QED) is 0.446. The van der Waals surface area contributed by atoms with Gasteiger partial charge in [-0.15, -0.1) is 3.63 Å². The predicted molar refractivity (Wildman–Crippen MR) is 83.1 cm³/mol. The second-order valence-corrected chi connectivity index (χ2v) is 8.74. The van der Waals surface area contributed by atoms with Gasteiger partial charge in [-0.1, -0.05) is 39.5 Å². The van der Waals surface area contributed by atoms with Crippen molar-refractivity contribution in [2.45, 2.75) is 65.4 Å². The lowest BCUT2D eigenvalue weighted by atomic mass is 10.3. The van der Waals surface area contributed by atoms with Gasteiger partial charge in [-0.05, 0) is 19.8 Å². The van der Waals surface area contributed by atoms with Crippen molar-refractivity contribution >= 4 is 20.2 Å². The van der Waals surface area contributed by atoms with Crippen LogP contribution in [-0.4, -0.2) is 41.1 Å². The highest BCUT2D eigenvalue weighted by Crippen LogP contribution is 2.08. The third-order valence-electron chi connectivity index (χ3n) is 2.70. The fourth-order valence-corrected chi connectivity index (χ4v) is 4.30. The van der Waals surface area contributed by atoms with Crippen LogP contribution in [0.4, 0.5) is 0 Å². The molecule has 0 aliphatic carbocycles. The van der Waals surface area contributed by atoms with Crippen LogP contribution in [0.15, 0.2) is 0 Å². The van der Waals surface area contributed by atoms with Crippen LogP contribution in [0.3, 0.4) is 0 Å². The van der Waals surface area contributed by atoms with E-state index in [2.05, 4.69) is 10.6 Å². The molecule has 6 nitrogen and oxygen atoms in total. The van der Waals surface area contributed by atoms with Gasteiger partial charge in [0, 0.05) is 0 Å². The molecule has 8 heteroatoms. The van der Waals surface area contributed by atoms with Crippen molar-refractivity contribution in [1.82, 2.24) is 0 Å². The van der Waals surface area contributed by atoms with Crippen molar-refractivity contribution in [1.29, 1.82) is 0 Å². The highest BCUT2D eigenvalue weighted by Gasteiger charge is 2.21. The molecule has 0 aromatic heterocycles. The summed E-state index contributed by atoms with van der Waals surface area (Å²) < 4.78 is 54.4. The van der Waals surface area contributed by atoms with Gasteiger partial charge in [0.05, 0.1) is 24.2 Å². The Hall–Kier alpha value is -0.180.